The summed E-state index contributed by atoms with van der Waals surface area (Å²) >= 11 is 0. The molecule has 0 atom stereocenters. The van der Waals surface area contributed by atoms with E-state index in [0.717, 1.165) is 4.13 Å². The van der Waals surface area contributed by atoms with Crippen molar-refractivity contribution in [1.82, 2.24) is 0 Å². The van der Waals surface area contributed by atoms with Crippen LogP contribution in [0, 0.1) is 0 Å². The number of hydrogen-bond acceptors (Lipinski definition) is 4. The third kappa shape index (κ3) is 14.1. The Morgan fingerprint density at radius 1 is 0.882 bits per heavy atom. The Hall–Kier alpha value is 0.150. The van der Waals surface area contributed by atoms with Gasteiger partial charge in [-0.3, -0.25) is 0 Å². The Kier molecular flexibility index (Phi) is 8.66. The normalized spacial score (nSPS) is 12.8. The van der Waals surface area contributed by atoms with Gasteiger partial charge in [0.25, 0.3) is 0 Å². The van der Waals surface area contributed by atoms with Crippen LogP contribution in [0.4, 0.5) is 7.77 Å². The number of halogens is 2. The van der Waals surface area contributed by atoms with E-state index >= 15 is 0 Å². The highest BCUT2D eigenvalue weighted by Crippen LogP contribution is 2.53. The van der Waals surface area contributed by atoms with Gasteiger partial charge in [-0.15, -0.1) is 7.77 Å². The predicted octanol–water partition coefficient (Wildman–Crippen LogP) is 2.48. The van der Waals surface area contributed by atoms with Crippen LogP contribution in [0.25, 0.3) is 4.13 Å². The van der Waals surface area contributed by atoms with Crippen molar-refractivity contribution in [2.75, 3.05) is 25.2 Å². The van der Waals surface area contributed by atoms with Crippen molar-refractivity contribution in [2.45, 2.75) is 20.8 Å². The first-order chi connectivity index (χ1) is 7.39. The topological polar surface area (TPSA) is 82.4 Å². The maximum Gasteiger partial charge on any atom is 0.241 e. The lowest BCUT2D eigenvalue weighted by Gasteiger charge is -2.16. The molecule has 0 aliphatic rings. The minimum atomic E-state index is -5.62. The van der Waals surface area contributed by atoms with Gasteiger partial charge in [-0.1, -0.05) is 0 Å². The molecule has 0 heterocycles. The standard InChI is InChI=1S/C7H18P.F2NO4S2/c1-5-8(4,6-2)7-3;1-8(4,5)3-9(2,6)7/h5-7H2,1-4H3;/q+1;-1. The summed E-state index contributed by atoms with van der Waals surface area (Å²) in [7, 11) is -11.7. The van der Waals surface area contributed by atoms with Gasteiger partial charge in [0.2, 0.25) is 20.8 Å². The second-order valence-corrected chi connectivity index (χ2v) is 10.8. The molecule has 5 nitrogen and oxygen atoms in total. The molecule has 0 saturated heterocycles. The average molecular weight is 313 g/mol. The van der Waals surface area contributed by atoms with Gasteiger partial charge in [-0.2, -0.15) is 0 Å². The molecular weight excluding hydrogens is 295 g/mol. The van der Waals surface area contributed by atoms with E-state index in [2.05, 4.69) is 27.4 Å². The van der Waals surface area contributed by atoms with Crippen molar-refractivity contribution < 1.29 is 24.6 Å². The lowest BCUT2D eigenvalue weighted by Crippen LogP contribution is -1.98. The van der Waals surface area contributed by atoms with E-state index in [4.69, 9.17) is 0 Å². The summed E-state index contributed by atoms with van der Waals surface area (Å²) in [5.74, 6) is 0. The summed E-state index contributed by atoms with van der Waals surface area (Å²) < 4.78 is 60.1. The zero-order valence-corrected chi connectivity index (χ0v) is 12.7. The van der Waals surface area contributed by atoms with Crippen LogP contribution in [0.3, 0.4) is 0 Å². The summed E-state index contributed by atoms with van der Waals surface area (Å²) in [6, 6.07) is 0. The van der Waals surface area contributed by atoms with E-state index in [0.29, 0.717) is 0 Å². The van der Waals surface area contributed by atoms with Gasteiger partial charge < -0.3 is 4.13 Å². The van der Waals surface area contributed by atoms with E-state index < -0.39 is 28.1 Å². The quantitative estimate of drug-likeness (QED) is 0.576. The highest BCUT2D eigenvalue weighted by Gasteiger charge is 2.22. The first-order valence-electron chi connectivity index (χ1n) is 4.86. The zero-order chi connectivity index (χ0) is 14.3. The largest absolute Gasteiger partial charge is 0.379 e. The van der Waals surface area contributed by atoms with Crippen LogP contribution < -0.4 is 0 Å². The van der Waals surface area contributed by atoms with Gasteiger partial charge >= 0.3 is 0 Å². The smallest absolute Gasteiger partial charge is 0.241 e. The van der Waals surface area contributed by atoms with Crippen LogP contribution >= 0.6 is 7.26 Å². The minimum absolute atomic E-state index is 0.412. The second kappa shape index (κ2) is 7.56. The molecule has 17 heavy (non-hydrogen) atoms. The van der Waals surface area contributed by atoms with Crippen molar-refractivity contribution in [2.24, 2.45) is 0 Å². The Morgan fingerprint density at radius 2 is 1.12 bits per heavy atom. The Labute approximate surface area is 103 Å². The van der Waals surface area contributed by atoms with Crippen LogP contribution in [0.5, 0.6) is 0 Å². The molecule has 0 aliphatic carbocycles. The van der Waals surface area contributed by atoms with Crippen molar-refractivity contribution >= 4 is 28.1 Å². The highest BCUT2D eigenvalue weighted by atomic mass is 32.3. The van der Waals surface area contributed by atoms with Crippen molar-refractivity contribution in [3.8, 4) is 0 Å². The van der Waals surface area contributed by atoms with Gasteiger partial charge in [0.15, 0.2) is 0 Å². The van der Waals surface area contributed by atoms with Gasteiger partial charge in [-0.25, -0.2) is 16.8 Å². The molecular formula is C7H18F2NO4PS2. The van der Waals surface area contributed by atoms with Crippen LogP contribution in [0.1, 0.15) is 20.8 Å². The van der Waals surface area contributed by atoms with E-state index in [9.17, 15) is 24.6 Å². The molecule has 106 valence electrons. The molecule has 0 aromatic carbocycles. The predicted molar refractivity (Wildman–Crippen MR) is 67.9 cm³/mol. The number of rotatable bonds is 5. The third-order valence-electron chi connectivity index (χ3n) is 2.47. The molecule has 0 radical (unpaired) electrons. The molecule has 0 saturated carbocycles. The molecule has 0 aromatic heterocycles. The fraction of sp³-hybridized carbons (Fsp3) is 1.00. The lowest BCUT2D eigenvalue weighted by molar-refractivity contribution is 0.551. The van der Waals surface area contributed by atoms with Crippen molar-refractivity contribution in [1.29, 1.82) is 0 Å². The van der Waals surface area contributed by atoms with Crippen LogP contribution in [-0.2, 0) is 20.8 Å². The van der Waals surface area contributed by atoms with Crippen LogP contribution in [-0.4, -0.2) is 42.0 Å². The maximum atomic E-state index is 11.1. The molecule has 0 amide bonds. The molecule has 0 aromatic rings. The van der Waals surface area contributed by atoms with Gasteiger partial charge in [-0.05, 0) is 20.8 Å². The molecule has 0 N–H and O–H groups in total. The zero-order valence-electron chi connectivity index (χ0n) is 10.2. The lowest BCUT2D eigenvalue weighted by atomic mass is 10.9. The van der Waals surface area contributed by atoms with Crippen molar-refractivity contribution in [3.05, 3.63) is 4.13 Å². The third-order valence-corrected chi connectivity index (χ3v) is 8.47. The Morgan fingerprint density at radius 3 is 1.12 bits per heavy atom. The highest BCUT2D eigenvalue weighted by molar-refractivity contribution is 8.07. The summed E-state index contributed by atoms with van der Waals surface area (Å²) in [6.45, 7) is 9.43. The fourth-order valence-electron chi connectivity index (χ4n) is 0.777. The maximum absolute atomic E-state index is 11.1. The summed E-state index contributed by atoms with van der Waals surface area (Å²) in [5, 5.41) is 0. The SMILES string of the molecule is CC[P+](C)(CC)CC.O=S(=O)(F)[N-]S(=O)(=O)F. The average Bonchev–Trinajstić information content (AvgIpc) is 2.12. The second-order valence-electron chi connectivity index (χ2n) is 3.47. The molecule has 0 fully saturated rings. The van der Waals surface area contributed by atoms with E-state index in [-0.39, 0.29) is 0 Å². The molecule has 0 spiro atoms. The molecule has 0 rings (SSSR count). The summed E-state index contributed by atoms with van der Waals surface area (Å²) in [5.41, 5.74) is 0. The van der Waals surface area contributed by atoms with Crippen LogP contribution in [0.2, 0.25) is 0 Å². The van der Waals surface area contributed by atoms with E-state index in [1.165, 1.54) is 18.5 Å². The van der Waals surface area contributed by atoms with Crippen LogP contribution in [0.15, 0.2) is 0 Å². The Balaban J connectivity index is 0. The number of nitrogens with zero attached hydrogens (tertiary/aromatic N) is 1. The number of hydrogen-bond donors (Lipinski definition) is 0. The molecule has 10 heteroatoms. The molecule has 0 bridgehead atoms. The van der Waals surface area contributed by atoms with Gasteiger partial charge in [0, 0.05) is 13.9 Å². The van der Waals surface area contributed by atoms with E-state index in [1.54, 1.807) is 0 Å². The van der Waals surface area contributed by atoms with E-state index in [1.807, 2.05) is 0 Å². The summed E-state index contributed by atoms with van der Waals surface area (Å²) in [6.07, 6.45) is 4.29. The van der Waals surface area contributed by atoms with Gasteiger partial charge in [0.1, 0.15) is 0 Å². The molecule has 0 aliphatic heterocycles. The van der Waals surface area contributed by atoms with Gasteiger partial charge in [0.05, 0.1) is 18.5 Å². The molecule has 0 unspecified atom stereocenters. The van der Waals surface area contributed by atoms with Crippen molar-refractivity contribution in [3.63, 3.8) is 0 Å². The fourth-order valence-corrected chi connectivity index (χ4v) is 2.97. The first-order valence-corrected chi connectivity index (χ1v) is 10.3. The Bertz CT molecular complexity index is 367. The monoisotopic (exact) mass is 313 g/mol. The first kappa shape index (κ1) is 19.5. The summed E-state index contributed by atoms with van der Waals surface area (Å²) in [4.78, 5) is 0. The minimum Gasteiger partial charge on any atom is -0.379 e.